The van der Waals surface area contributed by atoms with Gasteiger partial charge in [0.25, 0.3) is 0 Å². The Kier molecular flexibility index (Phi) is 2.35. The Labute approximate surface area is 82.7 Å². The van der Waals surface area contributed by atoms with Crippen LogP contribution in [0.3, 0.4) is 0 Å². The quantitative estimate of drug-likeness (QED) is 0.723. The highest BCUT2D eigenvalue weighted by Crippen LogP contribution is 2.09. The third kappa shape index (κ3) is 2.02. The number of nitrogens with one attached hydrogen (secondary N) is 2. The summed E-state index contributed by atoms with van der Waals surface area (Å²) < 4.78 is 0. The molecular weight excluding hydrogens is 178 g/mol. The third-order valence-electron chi connectivity index (χ3n) is 2.24. The van der Waals surface area contributed by atoms with Crippen molar-refractivity contribution in [2.24, 2.45) is 0 Å². The van der Waals surface area contributed by atoms with Crippen molar-refractivity contribution in [2.45, 2.75) is 19.4 Å². The van der Waals surface area contributed by atoms with E-state index in [1.54, 1.807) is 0 Å². The normalized spacial score (nSPS) is 20.6. The van der Waals surface area contributed by atoms with Crippen LogP contribution in [-0.2, 0) is 4.79 Å². The van der Waals surface area contributed by atoms with Gasteiger partial charge in [-0.25, -0.2) is 4.98 Å². The second kappa shape index (κ2) is 3.65. The zero-order valence-electron chi connectivity index (χ0n) is 8.08. The largest absolute Gasteiger partial charge is 0.365 e. The molecule has 0 radical (unpaired) electrons. The molecule has 0 saturated carbocycles. The number of aromatic nitrogens is 1. The predicted molar refractivity (Wildman–Crippen MR) is 54.0 cm³/mol. The van der Waals surface area contributed by atoms with Crippen LogP contribution in [0, 0.1) is 6.92 Å². The van der Waals surface area contributed by atoms with Gasteiger partial charge in [0.15, 0.2) is 0 Å². The van der Waals surface area contributed by atoms with Gasteiger partial charge >= 0.3 is 0 Å². The van der Waals surface area contributed by atoms with Crippen molar-refractivity contribution in [3.05, 3.63) is 23.9 Å². The van der Waals surface area contributed by atoms with Crippen molar-refractivity contribution in [3.8, 4) is 0 Å². The molecule has 1 aliphatic heterocycles. The molecular formula is C10H13N3O. The number of carbonyl (C=O) groups excluding carboxylic acids is 1. The van der Waals surface area contributed by atoms with E-state index in [1.165, 1.54) is 0 Å². The molecule has 1 fully saturated rings. The summed E-state index contributed by atoms with van der Waals surface area (Å²) >= 11 is 0. The molecule has 0 spiro atoms. The molecule has 0 aliphatic carbocycles. The molecule has 1 saturated heterocycles. The van der Waals surface area contributed by atoms with Gasteiger partial charge in [-0.05, 0) is 18.6 Å². The summed E-state index contributed by atoms with van der Waals surface area (Å²) in [6.07, 6.45) is 2.35. The first-order valence-electron chi connectivity index (χ1n) is 4.70. The first-order chi connectivity index (χ1) is 6.74. The maximum atomic E-state index is 10.9. The van der Waals surface area contributed by atoms with Crippen LogP contribution in [0.1, 0.15) is 12.0 Å². The molecule has 14 heavy (non-hydrogen) atoms. The number of pyridine rings is 1. The topological polar surface area (TPSA) is 54.0 Å². The summed E-state index contributed by atoms with van der Waals surface area (Å²) in [4.78, 5) is 15.1. The van der Waals surface area contributed by atoms with E-state index in [-0.39, 0.29) is 11.9 Å². The van der Waals surface area contributed by atoms with Crippen LogP contribution in [0.2, 0.25) is 0 Å². The van der Waals surface area contributed by atoms with Crippen molar-refractivity contribution < 1.29 is 4.79 Å². The summed E-state index contributed by atoms with van der Waals surface area (Å²) in [7, 11) is 0. The van der Waals surface area contributed by atoms with E-state index in [9.17, 15) is 4.79 Å². The van der Waals surface area contributed by atoms with Crippen LogP contribution in [0.4, 0.5) is 5.82 Å². The van der Waals surface area contributed by atoms with Gasteiger partial charge in [-0.1, -0.05) is 6.07 Å². The van der Waals surface area contributed by atoms with E-state index in [1.807, 2.05) is 25.3 Å². The summed E-state index contributed by atoms with van der Waals surface area (Å²) in [6.45, 7) is 2.69. The number of aryl methyl sites for hydroxylation is 1. The molecule has 1 aliphatic rings. The van der Waals surface area contributed by atoms with Crippen molar-refractivity contribution in [1.29, 1.82) is 0 Å². The summed E-state index contributed by atoms with van der Waals surface area (Å²) in [5.41, 5.74) is 1.14. The Hall–Kier alpha value is -1.58. The lowest BCUT2D eigenvalue weighted by Gasteiger charge is -2.10. The average molecular weight is 191 g/mol. The Balaban J connectivity index is 1.97. The zero-order chi connectivity index (χ0) is 9.97. The molecule has 1 atom stereocenters. The van der Waals surface area contributed by atoms with E-state index in [0.717, 1.165) is 11.4 Å². The van der Waals surface area contributed by atoms with Crippen LogP contribution in [0.15, 0.2) is 18.3 Å². The molecule has 2 N–H and O–H groups in total. The minimum atomic E-state index is 0.106. The molecule has 1 aromatic heterocycles. The average Bonchev–Trinajstić information content (AvgIpc) is 2.56. The summed E-state index contributed by atoms with van der Waals surface area (Å²) in [5.74, 6) is 0.937. The van der Waals surface area contributed by atoms with Crippen LogP contribution >= 0.6 is 0 Å². The van der Waals surface area contributed by atoms with Crippen LogP contribution in [0.25, 0.3) is 0 Å². The molecule has 2 rings (SSSR count). The van der Waals surface area contributed by atoms with E-state index in [0.29, 0.717) is 13.0 Å². The van der Waals surface area contributed by atoms with Crippen molar-refractivity contribution in [1.82, 2.24) is 10.3 Å². The van der Waals surface area contributed by atoms with Gasteiger partial charge in [0.1, 0.15) is 5.82 Å². The SMILES string of the molecule is Cc1ccc(NC2CNC(=O)C2)nc1. The second-order valence-corrected chi connectivity index (χ2v) is 3.57. The minimum Gasteiger partial charge on any atom is -0.365 e. The lowest BCUT2D eigenvalue weighted by molar-refractivity contribution is -0.119. The first kappa shape index (κ1) is 8.99. The molecule has 2 heterocycles. The second-order valence-electron chi connectivity index (χ2n) is 3.57. The molecule has 74 valence electrons. The maximum Gasteiger partial charge on any atom is 0.222 e. The standard InChI is InChI=1S/C10H13N3O/c1-7-2-3-9(11-5-7)13-8-4-10(14)12-6-8/h2-3,5,8H,4,6H2,1H3,(H,11,13)(H,12,14). The Morgan fingerprint density at radius 3 is 3.00 bits per heavy atom. The van der Waals surface area contributed by atoms with Crippen molar-refractivity contribution in [3.63, 3.8) is 0 Å². The monoisotopic (exact) mass is 191 g/mol. The van der Waals surface area contributed by atoms with Gasteiger partial charge in [-0.15, -0.1) is 0 Å². The fourth-order valence-corrected chi connectivity index (χ4v) is 1.47. The molecule has 4 nitrogen and oxygen atoms in total. The summed E-state index contributed by atoms with van der Waals surface area (Å²) in [5, 5.41) is 5.98. The van der Waals surface area contributed by atoms with Gasteiger partial charge in [0.2, 0.25) is 5.91 Å². The number of rotatable bonds is 2. The third-order valence-corrected chi connectivity index (χ3v) is 2.24. The fourth-order valence-electron chi connectivity index (χ4n) is 1.47. The molecule has 1 amide bonds. The van der Waals surface area contributed by atoms with Gasteiger partial charge in [-0.2, -0.15) is 0 Å². The number of nitrogens with zero attached hydrogens (tertiary/aromatic N) is 1. The van der Waals surface area contributed by atoms with E-state index in [2.05, 4.69) is 15.6 Å². The van der Waals surface area contributed by atoms with Crippen LogP contribution in [-0.4, -0.2) is 23.5 Å². The molecule has 1 aromatic rings. The highest BCUT2D eigenvalue weighted by Gasteiger charge is 2.20. The molecule has 1 unspecified atom stereocenters. The lowest BCUT2D eigenvalue weighted by atomic mass is 10.2. The predicted octanol–water partition coefficient (Wildman–Crippen LogP) is 0.690. The van der Waals surface area contributed by atoms with Crippen LogP contribution in [0.5, 0.6) is 0 Å². The zero-order valence-corrected chi connectivity index (χ0v) is 8.08. The van der Waals surface area contributed by atoms with Crippen molar-refractivity contribution in [2.75, 3.05) is 11.9 Å². The highest BCUT2D eigenvalue weighted by atomic mass is 16.1. The molecule has 0 aromatic carbocycles. The van der Waals surface area contributed by atoms with Gasteiger partial charge < -0.3 is 10.6 Å². The maximum absolute atomic E-state index is 10.9. The lowest BCUT2D eigenvalue weighted by Crippen LogP contribution is -2.22. The first-order valence-corrected chi connectivity index (χ1v) is 4.70. The van der Waals surface area contributed by atoms with E-state index in [4.69, 9.17) is 0 Å². The number of anilines is 1. The number of amides is 1. The summed E-state index contributed by atoms with van der Waals surface area (Å²) in [6, 6.07) is 4.11. The molecule has 4 heteroatoms. The number of carbonyl (C=O) groups is 1. The molecule has 0 bridgehead atoms. The van der Waals surface area contributed by atoms with Gasteiger partial charge in [0.05, 0.1) is 6.04 Å². The fraction of sp³-hybridized carbons (Fsp3) is 0.400. The van der Waals surface area contributed by atoms with Gasteiger partial charge in [-0.3, -0.25) is 4.79 Å². The van der Waals surface area contributed by atoms with E-state index >= 15 is 0 Å². The number of hydrogen-bond acceptors (Lipinski definition) is 3. The van der Waals surface area contributed by atoms with Crippen LogP contribution < -0.4 is 10.6 Å². The minimum absolute atomic E-state index is 0.106. The van der Waals surface area contributed by atoms with E-state index < -0.39 is 0 Å². The highest BCUT2D eigenvalue weighted by molar-refractivity contribution is 5.79. The smallest absolute Gasteiger partial charge is 0.222 e. The number of hydrogen-bond donors (Lipinski definition) is 2. The van der Waals surface area contributed by atoms with Crippen molar-refractivity contribution >= 4 is 11.7 Å². The van der Waals surface area contributed by atoms with Gasteiger partial charge in [0, 0.05) is 19.2 Å². The Bertz CT molecular complexity index is 334. The Morgan fingerprint density at radius 2 is 2.43 bits per heavy atom. The Morgan fingerprint density at radius 1 is 1.57 bits per heavy atom.